The van der Waals surface area contributed by atoms with E-state index in [1.165, 1.54) is 103 Å². The molecule has 1 unspecified atom stereocenters. The fraction of sp³-hybridized carbons (Fsp3) is 0.923. The first-order valence-electron chi connectivity index (χ1n) is 13.6. The topological polar surface area (TPSA) is 118 Å². The number of esters is 1. The fourth-order valence-electron chi connectivity index (χ4n) is 4.09. The predicted octanol–water partition coefficient (Wildman–Crippen LogP) is 7.08. The lowest BCUT2D eigenvalue weighted by molar-refractivity contribution is -0.147. The van der Waals surface area contributed by atoms with Crippen LogP contribution in [0.1, 0.15) is 142 Å². The second-order valence-electron chi connectivity index (χ2n) is 9.49. The molecule has 7 nitrogen and oxygen atoms in total. The van der Waals surface area contributed by atoms with Crippen LogP contribution in [-0.2, 0) is 24.4 Å². The molecule has 34 heavy (non-hydrogen) atoms. The summed E-state index contributed by atoms with van der Waals surface area (Å²) >= 11 is 0. The molecule has 1 atom stereocenters. The third-order valence-electron chi connectivity index (χ3n) is 6.22. The number of carbonyl (C=O) groups is 2. The zero-order chi connectivity index (χ0) is 25.5. The standard InChI is InChI=1S/C26H50O7S/c1-2-3-4-5-6-7-8-9-10-11-12-13-14-15-16-17-18-19-20-21-22-33-26(29)24(23-25(27)28)34(30,31)32/h24H,2-23H2,1H3,(H,27,28)(H,30,31,32). The van der Waals surface area contributed by atoms with E-state index in [-0.39, 0.29) is 6.61 Å². The number of unbranched alkanes of at least 4 members (excludes halogenated alkanes) is 19. The summed E-state index contributed by atoms with van der Waals surface area (Å²) in [5.41, 5.74) is 0. The van der Waals surface area contributed by atoms with Gasteiger partial charge in [0, 0.05) is 0 Å². The van der Waals surface area contributed by atoms with E-state index in [0.29, 0.717) is 6.42 Å². The number of carbonyl (C=O) groups excluding carboxylic acids is 1. The molecular formula is C26H50O7S. The van der Waals surface area contributed by atoms with Crippen LogP contribution in [0.3, 0.4) is 0 Å². The van der Waals surface area contributed by atoms with Crippen molar-refractivity contribution in [1.82, 2.24) is 0 Å². The van der Waals surface area contributed by atoms with Gasteiger partial charge in [-0.25, -0.2) is 0 Å². The van der Waals surface area contributed by atoms with Gasteiger partial charge >= 0.3 is 11.9 Å². The van der Waals surface area contributed by atoms with Gasteiger partial charge in [0.25, 0.3) is 10.1 Å². The van der Waals surface area contributed by atoms with Gasteiger partial charge in [0.1, 0.15) is 0 Å². The quantitative estimate of drug-likeness (QED) is 0.0771. The molecule has 202 valence electrons. The van der Waals surface area contributed by atoms with Crippen molar-refractivity contribution in [3.8, 4) is 0 Å². The Morgan fingerprint density at radius 3 is 1.26 bits per heavy atom. The summed E-state index contributed by atoms with van der Waals surface area (Å²) < 4.78 is 36.0. The summed E-state index contributed by atoms with van der Waals surface area (Å²) in [7, 11) is -4.79. The predicted molar refractivity (Wildman–Crippen MR) is 137 cm³/mol. The van der Waals surface area contributed by atoms with Crippen molar-refractivity contribution in [2.24, 2.45) is 0 Å². The Labute approximate surface area is 208 Å². The Kier molecular flexibility index (Phi) is 21.6. The van der Waals surface area contributed by atoms with Gasteiger partial charge < -0.3 is 9.84 Å². The second kappa shape index (κ2) is 22.3. The minimum atomic E-state index is -4.79. The first-order chi connectivity index (χ1) is 16.3. The van der Waals surface area contributed by atoms with E-state index in [2.05, 4.69) is 6.92 Å². The largest absolute Gasteiger partial charge is 0.481 e. The average molecular weight is 507 g/mol. The van der Waals surface area contributed by atoms with E-state index in [9.17, 15) is 18.0 Å². The third-order valence-corrected chi connectivity index (χ3v) is 7.30. The third kappa shape index (κ3) is 21.4. The molecule has 0 aromatic carbocycles. The maximum atomic E-state index is 11.7. The Morgan fingerprint density at radius 2 is 0.971 bits per heavy atom. The molecule has 0 spiro atoms. The van der Waals surface area contributed by atoms with Crippen LogP contribution in [0.2, 0.25) is 0 Å². The maximum absolute atomic E-state index is 11.7. The number of hydrogen-bond acceptors (Lipinski definition) is 5. The molecule has 0 aliphatic carbocycles. The molecule has 0 aromatic rings. The monoisotopic (exact) mass is 506 g/mol. The summed E-state index contributed by atoms with van der Waals surface area (Å²) in [5, 5.41) is 6.60. The van der Waals surface area contributed by atoms with E-state index >= 15 is 0 Å². The number of ether oxygens (including phenoxy) is 1. The molecule has 8 heteroatoms. The zero-order valence-corrected chi connectivity index (χ0v) is 22.3. The van der Waals surface area contributed by atoms with Gasteiger partial charge in [0.15, 0.2) is 5.25 Å². The Morgan fingerprint density at radius 1 is 0.647 bits per heavy atom. The summed E-state index contributed by atoms with van der Waals surface area (Å²) in [5.74, 6) is -2.69. The Balaban J connectivity index is 3.39. The van der Waals surface area contributed by atoms with Crippen molar-refractivity contribution < 1.29 is 32.4 Å². The second-order valence-corrected chi connectivity index (χ2v) is 11.1. The van der Waals surface area contributed by atoms with Crippen LogP contribution < -0.4 is 0 Å². The van der Waals surface area contributed by atoms with E-state index < -0.39 is 33.7 Å². The van der Waals surface area contributed by atoms with Crippen molar-refractivity contribution in [3.63, 3.8) is 0 Å². The van der Waals surface area contributed by atoms with Gasteiger partial charge in [0.2, 0.25) is 0 Å². The lowest BCUT2D eigenvalue weighted by atomic mass is 10.0. The van der Waals surface area contributed by atoms with Crippen molar-refractivity contribution in [3.05, 3.63) is 0 Å². The number of carboxylic acid groups (broad SMARTS) is 1. The van der Waals surface area contributed by atoms with E-state index in [0.717, 1.165) is 19.3 Å². The lowest BCUT2D eigenvalue weighted by Gasteiger charge is -2.11. The van der Waals surface area contributed by atoms with Gasteiger partial charge in [-0.3, -0.25) is 14.1 Å². The summed E-state index contributed by atoms with van der Waals surface area (Å²) in [6, 6.07) is 0. The number of rotatable bonds is 25. The van der Waals surface area contributed by atoms with Crippen molar-refractivity contribution in [2.75, 3.05) is 6.61 Å². The minimum absolute atomic E-state index is 0.0312. The molecule has 0 radical (unpaired) electrons. The molecule has 0 rings (SSSR count). The molecule has 0 heterocycles. The molecular weight excluding hydrogens is 456 g/mol. The highest BCUT2D eigenvalue weighted by atomic mass is 32.2. The molecule has 2 N–H and O–H groups in total. The molecule has 0 aromatic heterocycles. The molecule has 0 saturated carbocycles. The van der Waals surface area contributed by atoms with Crippen LogP contribution in [0.5, 0.6) is 0 Å². The van der Waals surface area contributed by atoms with E-state index in [4.69, 9.17) is 14.4 Å². The highest BCUT2D eigenvalue weighted by Crippen LogP contribution is 2.15. The van der Waals surface area contributed by atoms with Crippen LogP contribution in [0.25, 0.3) is 0 Å². The lowest BCUT2D eigenvalue weighted by Crippen LogP contribution is -2.34. The smallest absolute Gasteiger partial charge is 0.327 e. The van der Waals surface area contributed by atoms with Gasteiger partial charge in [-0.2, -0.15) is 8.42 Å². The Bertz CT molecular complexity index is 604. The maximum Gasteiger partial charge on any atom is 0.327 e. The van der Waals surface area contributed by atoms with Crippen molar-refractivity contribution >= 4 is 22.1 Å². The fourth-order valence-corrected chi connectivity index (χ4v) is 4.76. The van der Waals surface area contributed by atoms with E-state index in [1.807, 2.05) is 0 Å². The first-order valence-corrected chi connectivity index (χ1v) is 15.1. The SMILES string of the molecule is CCCCCCCCCCCCCCCCCCCCCCOC(=O)C(CC(=O)O)S(=O)(=O)O. The van der Waals surface area contributed by atoms with Crippen molar-refractivity contribution in [1.29, 1.82) is 0 Å². The molecule has 0 aliphatic heterocycles. The van der Waals surface area contributed by atoms with Crippen LogP contribution >= 0.6 is 0 Å². The van der Waals surface area contributed by atoms with Gasteiger partial charge in [-0.1, -0.05) is 129 Å². The highest BCUT2D eigenvalue weighted by molar-refractivity contribution is 7.87. The van der Waals surface area contributed by atoms with Crippen LogP contribution in [-0.4, -0.2) is 41.9 Å². The minimum Gasteiger partial charge on any atom is -0.481 e. The van der Waals surface area contributed by atoms with E-state index in [1.54, 1.807) is 0 Å². The molecule has 0 bridgehead atoms. The van der Waals surface area contributed by atoms with Gasteiger partial charge in [-0.15, -0.1) is 0 Å². The van der Waals surface area contributed by atoms with Crippen LogP contribution in [0, 0.1) is 0 Å². The first kappa shape index (κ1) is 32.8. The normalized spacial score (nSPS) is 12.5. The average Bonchev–Trinajstić information content (AvgIpc) is 2.77. The number of aliphatic carboxylic acids is 1. The molecule has 0 aliphatic rings. The summed E-state index contributed by atoms with van der Waals surface area (Å²) in [6.45, 7) is 2.29. The van der Waals surface area contributed by atoms with Crippen molar-refractivity contribution in [2.45, 2.75) is 147 Å². The van der Waals surface area contributed by atoms with Gasteiger partial charge in [-0.05, 0) is 6.42 Å². The Hall–Kier alpha value is -1.15. The summed E-state index contributed by atoms with van der Waals surface area (Å²) in [4.78, 5) is 22.3. The highest BCUT2D eigenvalue weighted by Gasteiger charge is 2.34. The zero-order valence-electron chi connectivity index (χ0n) is 21.5. The number of carboxylic acids is 1. The molecule has 0 amide bonds. The van der Waals surface area contributed by atoms with Crippen LogP contribution in [0.15, 0.2) is 0 Å². The van der Waals surface area contributed by atoms with Crippen LogP contribution in [0.4, 0.5) is 0 Å². The molecule has 0 saturated heterocycles. The molecule has 0 fully saturated rings. The number of hydrogen-bond donors (Lipinski definition) is 2. The van der Waals surface area contributed by atoms with Gasteiger partial charge in [0.05, 0.1) is 13.0 Å². The summed E-state index contributed by atoms with van der Waals surface area (Å²) in [6.07, 6.45) is 24.3.